The van der Waals surface area contributed by atoms with E-state index in [-0.39, 0.29) is 11.8 Å². The van der Waals surface area contributed by atoms with Gasteiger partial charge < -0.3 is 9.67 Å². The first-order valence-corrected chi connectivity index (χ1v) is 6.91. The lowest BCUT2D eigenvalue weighted by Crippen LogP contribution is -2.03. The third-order valence-electron chi connectivity index (χ3n) is 3.30. The number of halogens is 1. The van der Waals surface area contributed by atoms with Crippen molar-refractivity contribution in [1.29, 1.82) is 0 Å². The first kappa shape index (κ1) is 13.0. The van der Waals surface area contributed by atoms with Crippen LogP contribution in [0.4, 0.5) is 0 Å². The number of fused-ring (bicyclic) bond motifs is 1. The number of benzene rings is 2. The van der Waals surface area contributed by atoms with Gasteiger partial charge in [-0.05, 0) is 44.2 Å². The molecule has 3 rings (SSSR count). The van der Waals surface area contributed by atoms with Gasteiger partial charge in [-0.1, -0.05) is 23.7 Å². The molecule has 1 aromatic heterocycles. The fourth-order valence-corrected chi connectivity index (χ4v) is 2.64. The average molecular weight is 287 g/mol. The number of imidazole rings is 1. The Bertz CT molecular complexity index is 777. The number of rotatable bonds is 2. The number of hydrogen-bond donors (Lipinski definition) is 1. The number of nitrogens with zero attached hydrogens (tertiary/aromatic N) is 2. The summed E-state index contributed by atoms with van der Waals surface area (Å²) in [5.74, 6) is 0.967. The van der Waals surface area contributed by atoms with Crippen LogP contribution in [0.25, 0.3) is 22.4 Å². The van der Waals surface area contributed by atoms with Crippen molar-refractivity contribution in [2.75, 3.05) is 0 Å². The van der Waals surface area contributed by atoms with E-state index in [0.29, 0.717) is 5.02 Å². The molecule has 0 atom stereocenters. The molecule has 0 aliphatic rings. The molecular formula is C16H15ClN2O. The highest BCUT2D eigenvalue weighted by atomic mass is 35.5. The second kappa shape index (κ2) is 4.84. The minimum absolute atomic E-state index is 0.187. The molecule has 0 aliphatic carbocycles. The van der Waals surface area contributed by atoms with E-state index in [0.717, 1.165) is 22.4 Å². The van der Waals surface area contributed by atoms with Crippen molar-refractivity contribution in [2.24, 2.45) is 0 Å². The molecule has 102 valence electrons. The average Bonchev–Trinajstić information content (AvgIpc) is 2.80. The van der Waals surface area contributed by atoms with Gasteiger partial charge in [0.15, 0.2) is 0 Å². The fraction of sp³-hybridized carbons (Fsp3) is 0.188. The van der Waals surface area contributed by atoms with Gasteiger partial charge in [0, 0.05) is 11.6 Å². The van der Waals surface area contributed by atoms with E-state index in [1.165, 1.54) is 0 Å². The Hall–Kier alpha value is -2.00. The van der Waals surface area contributed by atoms with Crippen LogP contribution in [0, 0.1) is 0 Å². The zero-order valence-corrected chi connectivity index (χ0v) is 12.1. The van der Waals surface area contributed by atoms with Crippen molar-refractivity contribution >= 4 is 22.6 Å². The molecule has 3 aromatic rings. The van der Waals surface area contributed by atoms with Crippen LogP contribution in [0.15, 0.2) is 42.5 Å². The summed E-state index contributed by atoms with van der Waals surface area (Å²) in [6.07, 6.45) is 0. The number of hydrogen-bond acceptors (Lipinski definition) is 2. The Morgan fingerprint density at radius 2 is 1.90 bits per heavy atom. The van der Waals surface area contributed by atoms with Crippen LogP contribution < -0.4 is 0 Å². The Kier molecular flexibility index (Phi) is 3.14. The van der Waals surface area contributed by atoms with Crippen LogP contribution in [-0.2, 0) is 0 Å². The second-order valence-corrected chi connectivity index (χ2v) is 5.46. The van der Waals surface area contributed by atoms with Gasteiger partial charge >= 0.3 is 0 Å². The van der Waals surface area contributed by atoms with Crippen molar-refractivity contribution in [2.45, 2.75) is 19.9 Å². The Morgan fingerprint density at radius 1 is 1.15 bits per heavy atom. The van der Waals surface area contributed by atoms with Crippen LogP contribution in [0.5, 0.6) is 5.75 Å². The van der Waals surface area contributed by atoms with Gasteiger partial charge in [-0.15, -0.1) is 0 Å². The third-order valence-corrected chi connectivity index (χ3v) is 3.63. The lowest BCUT2D eigenvalue weighted by atomic mass is 10.2. The summed E-state index contributed by atoms with van der Waals surface area (Å²) in [7, 11) is 0. The second-order valence-electron chi connectivity index (χ2n) is 5.05. The number of aromatic hydroxyl groups is 1. The molecule has 0 fully saturated rings. The monoisotopic (exact) mass is 286 g/mol. The van der Waals surface area contributed by atoms with E-state index in [1.54, 1.807) is 18.2 Å². The first-order chi connectivity index (χ1) is 9.58. The molecule has 0 bridgehead atoms. The van der Waals surface area contributed by atoms with Crippen molar-refractivity contribution in [3.05, 3.63) is 47.5 Å². The lowest BCUT2D eigenvalue weighted by molar-refractivity contribution is 0.475. The number of phenolic OH excluding ortho intramolecular Hbond substituents is 1. The summed E-state index contributed by atoms with van der Waals surface area (Å²) >= 11 is 6.27. The van der Waals surface area contributed by atoms with Crippen molar-refractivity contribution in [1.82, 2.24) is 9.55 Å². The molecule has 1 heterocycles. The van der Waals surface area contributed by atoms with Crippen molar-refractivity contribution in [3.63, 3.8) is 0 Å². The normalized spacial score (nSPS) is 11.4. The Labute approximate surface area is 122 Å². The topological polar surface area (TPSA) is 38.0 Å². The zero-order chi connectivity index (χ0) is 14.3. The Balaban J connectivity index is 2.35. The number of para-hydroxylation sites is 2. The maximum absolute atomic E-state index is 9.71. The van der Waals surface area contributed by atoms with Gasteiger partial charge in [-0.25, -0.2) is 4.98 Å². The molecule has 0 unspecified atom stereocenters. The van der Waals surface area contributed by atoms with Crippen LogP contribution in [-0.4, -0.2) is 14.7 Å². The van der Waals surface area contributed by atoms with E-state index in [9.17, 15) is 5.11 Å². The highest BCUT2D eigenvalue weighted by Gasteiger charge is 2.17. The number of phenols is 1. The molecule has 0 saturated carbocycles. The summed E-state index contributed by atoms with van der Waals surface area (Å²) in [4.78, 5) is 4.67. The van der Waals surface area contributed by atoms with Crippen LogP contribution in [0.3, 0.4) is 0 Å². The van der Waals surface area contributed by atoms with Gasteiger partial charge in [0.25, 0.3) is 0 Å². The zero-order valence-electron chi connectivity index (χ0n) is 11.3. The lowest BCUT2D eigenvalue weighted by Gasteiger charge is -2.14. The summed E-state index contributed by atoms with van der Waals surface area (Å²) < 4.78 is 2.13. The van der Waals surface area contributed by atoms with E-state index in [2.05, 4.69) is 23.4 Å². The maximum atomic E-state index is 9.71. The molecule has 1 N–H and O–H groups in total. The summed E-state index contributed by atoms with van der Waals surface area (Å²) in [6.45, 7) is 4.21. The molecule has 2 aromatic carbocycles. The van der Waals surface area contributed by atoms with Crippen LogP contribution in [0.2, 0.25) is 5.02 Å². The highest BCUT2D eigenvalue weighted by molar-refractivity contribution is 6.33. The summed E-state index contributed by atoms with van der Waals surface area (Å²) in [5, 5.41) is 10.3. The highest BCUT2D eigenvalue weighted by Crippen LogP contribution is 2.34. The fourth-order valence-electron chi connectivity index (χ4n) is 2.44. The molecular weight excluding hydrogens is 272 g/mol. The molecule has 0 saturated heterocycles. The number of aromatic nitrogens is 2. The van der Waals surface area contributed by atoms with Gasteiger partial charge in [0.05, 0.1) is 16.1 Å². The smallest absolute Gasteiger partial charge is 0.143 e. The van der Waals surface area contributed by atoms with Crippen LogP contribution >= 0.6 is 11.6 Å². The molecule has 0 aliphatic heterocycles. The largest absolute Gasteiger partial charge is 0.508 e. The van der Waals surface area contributed by atoms with E-state index >= 15 is 0 Å². The standard InChI is InChI=1S/C16H15ClN2O/c1-10(2)19-15-6-4-3-5-14(15)18-16(19)12-9-11(20)7-8-13(12)17/h3-10,20H,1-2H3. The van der Waals surface area contributed by atoms with Crippen LogP contribution in [0.1, 0.15) is 19.9 Å². The molecule has 0 amide bonds. The summed E-state index contributed by atoms with van der Waals surface area (Å²) in [5.41, 5.74) is 2.74. The predicted octanol–water partition coefficient (Wildman–Crippen LogP) is 4.64. The van der Waals surface area contributed by atoms with E-state index in [4.69, 9.17) is 11.6 Å². The first-order valence-electron chi connectivity index (χ1n) is 6.54. The summed E-state index contributed by atoms with van der Waals surface area (Å²) in [6, 6.07) is 13.2. The molecule has 0 spiro atoms. The SMILES string of the molecule is CC(C)n1c(-c2cc(O)ccc2Cl)nc2ccccc21. The van der Waals surface area contributed by atoms with E-state index < -0.39 is 0 Å². The van der Waals surface area contributed by atoms with Gasteiger partial charge in [0.2, 0.25) is 0 Å². The van der Waals surface area contributed by atoms with Gasteiger partial charge in [-0.3, -0.25) is 0 Å². The molecule has 4 heteroatoms. The Morgan fingerprint density at radius 3 is 2.65 bits per heavy atom. The van der Waals surface area contributed by atoms with Gasteiger partial charge in [0.1, 0.15) is 11.6 Å². The van der Waals surface area contributed by atoms with E-state index in [1.807, 2.05) is 24.3 Å². The quantitative estimate of drug-likeness (QED) is 0.745. The minimum Gasteiger partial charge on any atom is -0.508 e. The maximum Gasteiger partial charge on any atom is 0.143 e. The molecule has 20 heavy (non-hydrogen) atoms. The van der Waals surface area contributed by atoms with Gasteiger partial charge in [-0.2, -0.15) is 0 Å². The minimum atomic E-state index is 0.187. The third kappa shape index (κ3) is 2.04. The molecule has 3 nitrogen and oxygen atoms in total. The molecule has 0 radical (unpaired) electrons. The van der Waals surface area contributed by atoms with Crippen molar-refractivity contribution in [3.8, 4) is 17.1 Å². The van der Waals surface area contributed by atoms with Crippen molar-refractivity contribution < 1.29 is 5.11 Å². The predicted molar refractivity (Wildman–Crippen MR) is 82.2 cm³/mol.